The van der Waals surface area contributed by atoms with Crippen LogP contribution in [0.4, 0.5) is 10.2 Å². The second-order valence-corrected chi connectivity index (χ2v) is 2.87. The van der Waals surface area contributed by atoms with Crippen molar-refractivity contribution in [3.05, 3.63) is 23.1 Å². The molecule has 0 amide bonds. The summed E-state index contributed by atoms with van der Waals surface area (Å²) < 4.78 is 12.8. The first-order chi connectivity index (χ1) is 5.65. The van der Waals surface area contributed by atoms with Gasteiger partial charge in [-0.2, -0.15) is 0 Å². The molecule has 0 radical (unpaired) electrons. The first-order valence-corrected chi connectivity index (χ1v) is 4.06. The van der Waals surface area contributed by atoms with Crippen LogP contribution in [0.5, 0.6) is 0 Å². The van der Waals surface area contributed by atoms with Crippen LogP contribution >= 0.6 is 0 Å². The highest BCUT2D eigenvalue weighted by Gasteiger charge is 2.04. The molecule has 0 spiro atoms. The Hall–Kier alpha value is -1.12. The highest BCUT2D eigenvalue weighted by atomic mass is 19.1. The van der Waals surface area contributed by atoms with Crippen LogP contribution in [0.15, 0.2) is 6.07 Å². The van der Waals surface area contributed by atoms with E-state index in [1.807, 2.05) is 6.92 Å². The van der Waals surface area contributed by atoms with Gasteiger partial charge in [0.1, 0.15) is 0 Å². The standard InChI is InChI=1S/C9H13FN2/c1-3-4-8-6(2)5-7(10)9(11)12-8/h5H,3-4H2,1-2H3,(H2,11,12). The van der Waals surface area contributed by atoms with E-state index in [1.165, 1.54) is 6.07 Å². The maximum absolute atomic E-state index is 12.8. The van der Waals surface area contributed by atoms with Crippen LogP contribution in [-0.2, 0) is 6.42 Å². The number of nitrogens with two attached hydrogens (primary N) is 1. The van der Waals surface area contributed by atoms with Crippen LogP contribution in [0, 0.1) is 12.7 Å². The van der Waals surface area contributed by atoms with Crippen molar-refractivity contribution in [1.29, 1.82) is 0 Å². The lowest BCUT2D eigenvalue weighted by atomic mass is 10.1. The number of aryl methyl sites for hydroxylation is 2. The van der Waals surface area contributed by atoms with Gasteiger partial charge in [0.25, 0.3) is 0 Å². The first-order valence-electron chi connectivity index (χ1n) is 4.06. The number of pyridine rings is 1. The molecule has 1 aromatic rings. The zero-order valence-electron chi connectivity index (χ0n) is 7.39. The number of nitrogen functional groups attached to an aromatic ring is 1. The highest BCUT2D eigenvalue weighted by Crippen LogP contribution is 2.13. The van der Waals surface area contributed by atoms with E-state index in [1.54, 1.807) is 0 Å². The molecule has 1 heterocycles. The van der Waals surface area contributed by atoms with Gasteiger partial charge in [0.2, 0.25) is 0 Å². The van der Waals surface area contributed by atoms with Crippen molar-refractivity contribution in [2.24, 2.45) is 0 Å². The van der Waals surface area contributed by atoms with Crippen LogP contribution in [0.25, 0.3) is 0 Å². The minimum Gasteiger partial charge on any atom is -0.381 e. The molecule has 1 aromatic heterocycles. The fourth-order valence-electron chi connectivity index (χ4n) is 1.12. The molecule has 0 bridgehead atoms. The number of hydrogen-bond donors (Lipinski definition) is 1. The molecular weight excluding hydrogens is 155 g/mol. The summed E-state index contributed by atoms with van der Waals surface area (Å²) in [6.07, 6.45) is 1.86. The van der Waals surface area contributed by atoms with Gasteiger partial charge >= 0.3 is 0 Å². The Kier molecular flexibility index (Phi) is 2.63. The van der Waals surface area contributed by atoms with Crippen molar-refractivity contribution in [2.75, 3.05) is 5.73 Å². The van der Waals surface area contributed by atoms with E-state index in [4.69, 9.17) is 5.73 Å². The number of nitrogens with zero attached hydrogens (tertiary/aromatic N) is 1. The molecule has 0 saturated heterocycles. The van der Waals surface area contributed by atoms with E-state index in [0.29, 0.717) is 0 Å². The van der Waals surface area contributed by atoms with E-state index in [-0.39, 0.29) is 5.82 Å². The van der Waals surface area contributed by atoms with Crippen molar-refractivity contribution < 1.29 is 4.39 Å². The molecule has 66 valence electrons. The zero-order chi connectivity index (χ0) is 9.14. The molecule has 0 aromatic carbocycles. The van der Waals surface area contributed by atoms with Gasteiger partial charge in [-0.3, -0.25) is 0 Å². The lowest BCUT2D eigenvalue weighted by molar-refractivity contribution is 0.623. The highest BCUT2D eigenvalue weighted by molar-refractivity contribution is 5.35. The summed E-state index contributed by atoms with van der Waals surface area (Å²) in [6.45, 7) is 3.90. The predicted octanol–water partition coefficient (Wildman–Crippen LogP) is 2.06. The Labute approximate surface area is 71.6 Å². The van der Waals surface area contributed by atoms with Crippen molar-refractivity contribution in [3.8, 4) is 0 Å². The maximum Gasteiger partial charge on any atom is 0.165 e. The normalized spacial score (nSPS) is 10.2. The fourth-order valence-corrected chi connectivity index (χ4v) is 1.12. The van der Waals surface area contributed by atoms with E-state index in [0.717, 1.165) is 24.1 Å². The Morgan fingerprint density at radius 2 is 2.25 bits per heavy atom. The Balaban J connectivity index is 3.05. The number of hydrogen-bond acceptors (Lipinski definition) is 2. The smallest absolute Gasteiger partial charge is 0.165 e. The molecule has 0 aliphatic carbocycles. The molecular formula is C9H13FN2. The topological polar surface area (TPSA) is 38.9 Å². The van der Waals surface area contributed by atoms with Gasteiger partial charge in [-0.25, -0.2) is 9.37 Å². The Morgan fingerprint density at radius 3 is 2.83 bits per heavy atom. The number of rotatable bonds is 2. The molecule has 0 unspecified atom stereocenters. The summed E-state index contributed by atoms with van der Waals surface area (Å²) in [6, 6.07) is 1.44. The van der Waals surface area contributed by atoms with Gasteiger partial charge in [-0.05, 0) is 25.0 Å². The summed E-state index contributed by atoms with van der Waals surface area (Å²) in [5, 5.41) is 0. The quantitative estimate of drug-likeness (QED) is 0.734. The van der Waals surface area contributed by atoms with Crippen LogP contribution in [-0.4, -0.2) is 4.98 Å². The average molecular weight is 168 g/mol. The second-order valence-electron chi connectivity index (χ2n) is 2.87. The average Bonchev–Trinajstić information content (AvgIpc) is 2.01. The molecule has 12 heavy (non-hydrogen) atoms. The van der Waals surface area contributed by atoms with E-state index >= 15 is 0 Å². The van der Waals surface area contributed by atoms with Gasteiger partial charge in [0, 0.05) is 5.69 Å². The van der Waals surface area contributed by atoms with Crippen LogP contribution in [0.1, 0.15) is 24.6 Å². The molecule has 0 aliphatic rings. The maximum atomic E-state index is 12.8. The minimum absolute atomic E-state index is 0.00375. The number of anilines is 1. The lowest BCUT2D eigenvalue weighted by Crippen LogP contribution is -2.01. The zero-order valence-corrected chi connectivity index (χ0v) is 7.39. The summed E-state index contributed by atoms with van der Waals surface area (Å²) >= 11 is 0. The summed E-state index contributed by atoms with van der Waals surface area (Å²) in [5.41, 5.74) is 7.11. The minimum atomic E-state index is -0.424. The SMILES string of the molecule is CCCc1nc(N)c(F)cc1C. The van der Waals surface area contributed by atoms with Gasteiger partial charge in [0.05, 0.1) is 0 Å². The molecule has 0 aliphatic heterocycles. The molecule has 0 fully saturated rings. The van der Waals surface area contributed by atoms with E-state index < -0.39 is 5.82 Å². The van der Waals surface area contributed by atoms with Crippen molar-refractivity contribution in [3.63, 3.8) is 0 Å². The van der Waals surface area contributed by atoms with Crippen LogP contribution < -0.4 is 5.73 Å². The summed E-state index contributed by atoms with van der Waals surface area (Å²) in [4.78, 5) is 3.96. The lowest BCUT2D eigenvalue weighted by Gasteiger charge is -2.04. The third kappa shape index (κ3) is 1.72. The van der Waals surface area contributed by atoms with Gasteiger partial charge in [-0.15, -0.1) is 0 Å². The third-order valence-corrected chi connectivity index (χ3v) is 1.79. The summed E-state index contributed by atoms with van der Waals surface area (Å²) in [7, 11) is 0. The fraction of sp³-hybridized carbons (Fsp3) is 0.444. The van der Waals surface area contributed by atoms with E-state index in [9.17, 15) is 4.39 Å². The first kappa shape index (κ1) is 8.97. The van der Waals surface area contributed by atoms with Gasteiger partial charge in [-0.1, -0.05) is 13.3 Å². The Morgan fingerprint density at radius 1 is 1.58 bits per heavy atom. The van der Waals surface area contributed by atoms with E-state index in [2.05, 4.69) is 11.9 Å². The molecule has 1 rings (SSSR count). The monoisotopic (exact) mass is 168 g/mol. The molecule has 2 nitrogen and oxygen atoms in total. The van der Waals surface area contributed by atoms with Crippen LogP contribution in [0.2, 0.25) is 0 Å². The molecule has 2 N–H and O–H groups in total. The third-order valence-electron chi connectivity index (χ3n) is 1.79. The summed E-state index contributed by atoms with van der Waals surface area (Å²) in [5.74, 6) is -0.420. The van der Waals surface area contributed by atoms with Crippen molar-refractivity contribution >= 4 is 5.82 Å². The van der Waals surface area contributed by atoms with Gasteiger partial charge in [0.15, 0.2) is 11.6 Å². The number of aromatic nitrogens is 1. The second kappa shape index (κ2) is 3.52. The molecule has 3 heteroatoms. The molecule has 0 atom stereocenters. The largest absolute Gasteiger partial charge is 0.381 e. The Bertz CT molecular complexity index is 284. The number of halogens is 1. The van der Waals surface area contributed by atoms with Gasteiger partial charge < -0.3 is 5.73 Å². The van der Waals surface area contributed by atoms with Crippen molar-refractivity contribution in [1.82, 2.24) is 4.98 Å². The van der Waals surface area contributed by atoms with Crippen molar-refractivity contribution in [2.45, 2.75) is 26.7 Å². The van der Waals surface area contributed by atoms with Crippen LogP contribution in [0.3, 0.4) is 0 Å². The molecule has 0 saturated carbocycles. The predicted molar refractivity (Wildman–Crippen MR) is 47.3 cm³/mol.